The van der Waals surface area contributed by atoms with E-state index in [9.17, 15) is 9.59 Å². The highest BCUT2D eigenvalue weighted by atomic mass is 16.5. The Morgan fingerprint density at radius 3 is 2.55 bits per heavy atom. The Kier molecular flexibility index (Phi) is 6.77. The number of amides is 1. The number of ether oxygens (including phenoxy) is 1. The largest absolute Gasteiger partial charge is 0.456 e. The number of tetrazole rings is 1. The first-order valence-corrected chi connectivity index (χ1v) is 11.3. The summed E-state index contributed by atoms with van der Waals surface area (Å²) in [6.07, 6.45) is 6.71. The number of carbonyl (C=O) groups is 2. The van der Waals surface area contributed by atoms with Crippen LogP contribution < -0.4 is 5.32 Å². The first-order valence-electron chi connectivity index (χ1n) is 11.3. The smallest absolute Gasteiger partial charge is 0.336 e. The number of likely N-dealkylation sites (tertiary alicyclic amines) is 1. The molecule has 0 atom stereocenters. The lowest BCUT2D eigenvalue weighted by Crippen LogP contribution is -2.37. The van der Waals surface area contributed by atoms with Gasteiger partial charge in [0.25, 0.3) is 0 Å². The molecule has 4 heterocycles. The van der Waals surface area contributed by atoms with Crippen molar-refractivity contribution >= 4 is 11.9 Å². The maximum Gasteiger partial charge on any atom is 0.336 e. The fourth-order valence-corrected chi connectivity index (χ4v) is 4.62. The average molecular weight is 455 g/mol. The topological polar surface area (TPSA) is 128 Å². The molecule has 5 rings (SSSR count). The van der Waals surface area contributed by atoms with Gasteiger partial charge in [0.1, 0.15) is 12.9 Å². The van der Waals surface area contributed by atoms with Crippen molar-refractivity contribution in [3.05, 3.63) is 35.4 Å². The molecule has 0 aromatic carbocycles. The van der Waals surface area contributed by atoms with Crippen LogP contribution in [0.25, 0.3) is 5.82 Å². The third-order valence-electron chi connectivity index (χ3n) is 6.80. The molecule has 1 amide bonds. The van der Waals surface area contributed by atoms with Gasteiger partial charge in [-0.25, -0.2) is 4.79 Å². The molecule has 0 unspecified atom stereocenters. The van der Waals surface area contributed by atoms with Crippen LogP contribution in [-0.4, -0.2) is 67.4 Å². The molecule has 1 saturated heterocycles. The van der Waals surface area contributed by atoms with Gasteiger partial charge in [0, 0.05) is 13.1 Å². The van der Waals surface area contributed by atoms with Crippen LogP contribution in [0.3, 0.4) is 0 Å². The van der Waals surface area contributed by atoms with Crippen molar-refractivity contribution < 1.29 is 14.3 Å². The van der Waals surface area contributed by atoms with Crippen LogP contribution in [0.2, 0.25) is 0 Å². The van der Waals surface area contributed by atoms with Crippen molar-refractivity contribution in [2.75, 3.05) is 20.2 Å². The zero-order valence-corrected chi connectivity index (χ0v) is 19.3. The Hall–Kier alpha value is -3.21. The monoisotopic (exact) mass is 454 g/mol. The van der Waals surface area contributed by atoms with Crippen molar-refractivity contribution in [2.45, 2.75) is 52.5 Å². The van der Waals surface area contributed by atoms with E-state index < -0.39 is 0 Å². The first-order chi connectivity index (χ1) is 15.9. The van der Waals surface area contributed by atoms with Gasteiger partial charge in [0.05, 0.1) is 22.4 Å². The Morgan fingerprint density at radius 2 is 1.97 bits per heavy atom. The second-order valence-electron chi connectivity index (χ2n) is 8.99. The highest BCUT2D eigenvalue weighted by Gasteiger charge is 2.49. The molecular formula is C22H30N8O3. The van der Waals surface area contributed by atoms with E-state index in [1.807, 2.05) is 24.1 Å². The van der Waals surface area contributed by atoms with Gasteiger partial charge in [-0.05, 0) is 74.6 Å². The number of rotatable bonds is 4. The van der Waals surface area contributed by atoms with Crippen molar-refractivity contribution in [3.63, 3.8) is 0 Å². The fraction of sp³-hybridized carbons (Fsp3) is 0.591. The van der Waals surface area contributed by atoms with Crippen molar-refractivity contribution in [3.8, 4) is 5.82 Å². The standard InChI is InChI=1S/C15H21NO3.C7H9N7/c1-10-3-5-15(6-4-10)7-8-16(14(15)18)12-9-19-13(17)11(12)2;1-8-4-6-2-3-7(11-10-6)14-5-9-12-13-14/h10H,3-9H2,1-2H3;2-3,5,8H,4H2,1H3. The third kappa shape index (κ3) is 4.77. The molecule has 2 aromatic rings. The molecule has 1 aliphatic carbocycles. The van der Waals surface area contributed by atoms with E-state index in [1.165, 1.54) is 11.0 Å². The zero-order valence-electron chi connectivity index (χ0n) is 19.3. The number of nitrogens with zero attached hydrogens (tertiary/aromatic N) is 7. The predicted molar refractivity (Wildman–Crippen MR) is 118 cm³/mol. The summed E-state index contributed by atoms with van der Waals surface area (Å²) in [6, 6.07) is 3.69. The summed E-state index contributed by atoms with van der Waals surface area (Å²) in [7, 11) is 1.86. The number of hydrogen-bond donors (Lipinski definition) is 1. The SMILES string of the molecule is CC1=C(N2CCC3(CCC(C)CC3)C2=O)COC1=O.CNCc1ccc(-n2cnnn2)nn1. The third-order valence-corrected chi connectivity index (χ3v) is 6.80. The lowest BCUT2D eigenvalue weighted by Gasteiger charge is -2.34. The molecule has 11 nitrogen and oxygen atoms in total. The van der Waals surface area contributed by atoms with Crippen LogP contribution >= 0.6 is 0 Å². The molecule has 1 N–H and O–H groups in total. The van der Waals surface area contributed by atoms with Crippen molar-refractivity contribution in [2.24, 2.45) is 11.3 Å². The zero-order chi connectivity index (χ0) is 23.4. The molecule has 1 saturated carbocycles. The van der Waals surface area contributed by atoms with Gasteiger partial charge in [0.15, 0.2) is 5.82 Å². The summed E-state index contributed by atoms with van der Waals surface area (Å²) in [6.45, 7) is 5.73. The molecule has 3 aliphatic rings. The number of nitrogens with one attached hydrogen (secondary N) is 1. The first kappa shape index (κ1) is 23.0. The fourth-order valence-electron chi connectivity index (χ4n) is 4.62. The molecule has 33 heavy (non-hydrogen) atoms. The summed E-state index contributed by atoms with van der Waals surface area (Å²) in [5.41, 5.74) is 2.13. The van der Waals surface area contributed by atoms with E-state index in [2.05, 4.69) is 38.0 Å². The average Bonchev–Trinajstić information content (AvgIpc) is 3.54. The summed E-state index contributed by atoms with van der Waals surface area (Å²) >= 11 is 0. The van der Waals surface area contributed by atoms with E-state index in [0.29, 0.717) is 17.9 Å². The second-order valence-corrected chi connectivity index (χ2v) is 8.99. The van der Waals surface area contributed by atoms with Gasteiger partial charge < -0.3 is 15.0 Å². The number of carbonyl (C=O) groups excluding carboxylic acids is 2. The molecule has 176 valence electrons. The van der Waals surface area contributed by atoms with Crippen LogP contribution in [0.1, 0.15) is 51.6 Å². The van der Waals surface area contributed by atoms with E-state index in [0.717, 1.165) is 56.0 Å². The molecule has 2 aromatic heterocycles. The van der Waals surface area contributed by atoms with Gasteiger partial charge >= 0.3 is 5.97 Å². The number of hydrogen-bond acceptors (Lipinski definition) is 9. The Balaban J connectivity index is 0.000000165. The maximum atomic E-state index is 12.8. The van der Waals surface area contributed by atoms with Gasteiger partial charge in [-0.15, -0.1) is 10.2 Å². The minimum absolute atomic E-state index is 0.147. The second kappa shape index (κ2) is 9.74. The molecule has 11 heteroatoms. The summed E-state index contributed by atoms with van der Waals surface area (Å²) in [5, 5.41) is 21.7. The quantitative estimate of drug-likeness (QED) is 0.682. The van der Waals surface area contributed by atoms with E-state index >= 15 is 0 Å². The van der Waals surface area contributed by atoms with Crippen LogP contribution in [0.4, 0.5) is 0 Å². The molecule has 2 fully saturated rings. The van der Waals surface area contributed by atoms with Crippen LogP contribution in [-0.2, 0) is 20.9 Å². The van der Waals surface area contributed by atoms with Gasteiger partial charge in [-0.3, -0.25) is 4.79 Å². The van der Waals surface area contributed by atoms with Crippen LogP contribution in [0.15, 0.2) is 29.7 Å². The summed E-state index contributed by atoms with van der Waals surface area (Å²) < 4.78 is 6.48. The molecule has 0 bridgehead atoms. The Labute approximate surface area is 192 Å². The lowest BCUT2D eigenvalue weighted by molar-refractivity contribution is -0.138. The Bertz CT molecular complexity index is 1010. The van der Waals surface area contributed by atoms with Crippen LogP contribution in [0.5, 0.6) is 0 Å². The molecule has 2 aliphatic heterocycles. The number of esters is 1. The molecular weight excluding hydrogens is 424 g/mol. The van der Waals surface area contributed by atoms with Crippen LogP contribution in [0, 0.1) is 11.3 Å². The predicted octanol–water partition coefficient (Wildman–Crippen LogP) is 1.42. The van der Waals surface area contributed by atoms with Gasteiger partial charge in [-0.2, -0.15) is 9.78 Å². The molecule has 0 radical (unpaired) electrons. The highest BCUT2D eigenvalue weighted by molar-refractivity contribution is 5.94. The van der Waals surface area contributed by atoms with E-state index in [4.69, 9.17) is 4.74 Å². The van der Waals surface area contributed by atoms with Gasteiger partial charge in [0.2, 0.25) is 5.91 Å². The highest BCUT2D eigenvalue weighted by Crippen LogP contribution is 2.47. The van der Waals surface area contributed by atoms with Crippen molar-refractivity contribution in [1.82, 2.24) is 40.6 Å². The summed E-state index contributed by atoms with van der Waals surface area (Å²) in [4.78, 5) is 26.0. The number of aromatic nitrogens is 6. The minimum atomic E-state index is -0.277. The van der Waals surface area contributed by atoms with Gasteiger partial charge in [-0.1, -0.05) is 6.92 Å². The summed E-state index contributed by atoms with van der Waals surface area (Å²) in [5.74, 6) is 1.30. The van der Waals surface area contributed by atoms with Crippen molar-refractivity contribution in [1.29, 1.82) is 0 Å². The Morgan fingerprint density at radius 1 is 1.18 bits per heavy atom. The maximum absolute atomic E-state index is 12.8. The number of cyclic esters (lactones) is 1. The normalized spacial score (nSPS) is 24.8. The van der Waals surface area contributed by atoms with E-state index in [1.54, 1.807) is 6.92 Å². The molecule has 1 spiro atoms. The minimum Gasteiger partial charge on any atom is -0.456 e. The van der Waals surface area contributed by atoms with E-state index in [-0.39, 0.29) is 23.9 Å². The lowest BCUT2D eigenvalue weighted by atomic mass is 9.70.